The number of hydrogen-bond acceptors (Lipinski definition) is 8. The predicted molar refractivity (Wildman–Crippen MR) is 170 cm³/mol. The lowest BCUT2D eigenvalue weighted by Crippen LogP contribution is -2.34. The van der Waals surface area contributed by atoms with E-state index in [0.29, 0.717) is 22.2 Å². The Morgan fingerprint density at radius 3 is 2.39 bits per heavy atom. The first-order valence-corrected chi connectivity index (χ1v) is 15.2. The highest BCUT2D eigenvalue weighted by atomic mass is 19.4. The number of hydrogen-bond donors (Lipinski definition) is 4. The van der Waals surface area contributed by atoms with Crippen LogP contribution in [0.25, 0.3) is 5.69 Å². The van der Waals surface area contributed by atoms with Gasteiger partial charge in [-0.25, -0.2) is 13.9 Å². The minimum Gasteiger partial charge on any atom is -0.426 e. The molecule has 4 aromatic rings. The van der Waals surface area contributed by atoms with Crippen LogP contribution in [0.3, 0.4) is 0 Å². The van der Waals surface area contributed by atoms with E-state index in [1.54, 1.807) is 6.07 Å². The predicted octanol–water partition coefficient (Wildman–Crippen LogP) is 6.33. The van der Waals surface area contributed by atoms with Gasteiger partial charge in [0.2, 0.25) is 6.29 Å². The number of esters is 1. The Morgan fingerprint density at radius 2 is 1.71 bits per heavy atom. The van der Waals surface area contributed by atoms with Crippen molar-refractivity contribution in [3.05, 3.63) is 113 Å². The van der Waals surface area contributed by atoms with E-state index in [4.69, 9.17) is 14.9 Å². The Kier molecular flexibility index (Phi) is 10.4. The summed E-state index contributed by atoms with van der Waals surface area (Å²) in [6, 6.07) is 19.1. The molecule has 3 aromatic carbocycles. The third kappa shape index (κ3) is 9.07. The fourth-order valence-corrected chi connectivity index (χ4v) is 4.97. The Hall–Kier alpha value is -5.57. The van der Waals surface area contributed by atoms with Crippen molar-refractivity contribution >= 4 is 29.5 Å². The lowest BCUT2D eigenvalue weighted by atomic mass is 9.97. The number of alkyl carbamates (subject to hydrolysis) is 1. The number of carbonyl (C=O) groups excluding carboxylic acids is 3. The molecule has 1 fully saturated rings. The standard InChI is InChI=1S/C34H32F4N6O5/c1-19(45)48-20(2)49-33(47)42-31(39)24-9-6-10-25(15-24)44-28(17-29(43-44)34(36,37)38)32(46)41-27-16-23(13-14-26(27)35)30(40-18-21-11-12-21)22-7-4-3-5-8-22/h3-10,13-17,20-21,30,40H,11-12,18H2,1-2H3,(H,41,46)(H2,39,42,47)/t20?,30-/m0/s1. The Bertz CT molecular complexity index is 1860. The van der Waals surface area contributed by atoms with Crippen molar-refractivity contribution in [2.24, 2.45) is 5.92 Å². The zero-order chi connectivity index (χ0) is 35.3. The molecule has 1 unspecified atom stereocenters. The molecule has 256 valence electrons. The van der Waals surface area contributed by atoms with Crippen molar-refractivity contribution < 1.29 is 41.4 Å². The van der Waals surface area contributed by atoms with Gasteiger partial charge in [-0.3, -0.25) is 20.3 Å². The maximum absolute atomic E-state index is 15.1. The monoisotopic (exact) mass is 680 g/mol. The third-order valence-corrected chi connectivity index (χ3v) is 7.46. The topological polar surface area (TPSA) is 147 Å². The van der Waals surface area contributed by atoms with Gasteiger partial charge in [0.25, 0.3) is 5.91 Å². The van der Waals surface area contributed by atoms with Crippen LogP contribution >= 0.6 is 0 Å². The van der Waals surface area contributed by atoms with Crippen LogP contribution in [0, 0.1) is 17.1 Å². The van der Waals surface area contributed by atoms with Crippen LogP contribution in [0.4, 0.5) is 28.0 Å². The van der Waals surface area contributed by atoms with Crippen molar-refractivity contribution in [2.75, 3.05) is 11.9 Å². The molecule has 15 heteroatoms. The minimum absolute atomic E-state index is 0.00871. The zero-order valence-corrected chi connectivity index (χ0v) is 26.3. The number of anilines is 1. The molecule has 5 rings (SSSR count). The van der Waals surface area contributed by atoms with Gasteiger partial charge in [-0.05, 0) is 60.7 Å². The van der Waals surface area contributed by atoms with Crippen LogP contribution in [0.5, 0.6) is 0 Å². The second-order valence-corrected chi connectivity index (χ2v) is 11.3. The van der Waals surface area contributed by atoms with E-state index in [1.165, 1.54) is 43.3 Å². The molecule has 0 aliphatic heterocycles. The summed E-state index contributed by atoms with van der Waals surface area (Å²) in [5, 5.41) is 19.8. The molecule has 0 saturated heterocycles. The van der Waals surface area contributed by atoms with Gasteiger partial charge in [-0.15, -0.1) is 0 Å². The summed E-state index contributed by atoms with van der Waals surface area (Å²) in [5.41, 5.74) is -0.737. The highest BCUT2D eigenvalue weighted by molar-refractivity contribution is 6.05. The quantitative estimate of drug-likeness (QED) is 0.0476. The van der Waals surface area contributed by atoms with E-state index in [9.17, 15) is 27.6 Å². The van der Waals surface area contributed by atoms with Crippen molar-refractivity contribution in [2.45, 2.75) is 45.2 Å². The van der Waals surface area contributed by atoms with E-state index in [2.05, 4.69) is 21.0 Å². The number of amidine groups is 1. The zero-order valence-electron chi connectivity index (χ0n) is 26.3. The summed E-state index contributed by atoms with van der Waals surface area (Å²) >= 11 is 0. The smallest absolute Gasteiger partial charge is 0.426 e. The summed E-state index contributed by atoms with van der Waals surface area (Å²) in [4.78, 5) is 36.7. The Morgan fingerprint density at radius 1 is 0.980 bits per heavy atom. The number of amides is 2. The van der Waals surface area contributed by atoms with Crippen molar-refractivity contribution in [3.63, 3.8) is 0 Å². The molecule has 2 atom stereocenters. The molecule has 1 aliphatic rings. The van der Waals surface area contributed by atoms with Gasteiger partial charge in [0.15, 0.2) is 5.69 Å². The normalized spacial score (nSPS) is 14.0. The second-order valence-electron chi connectivity index (χ2n) is 11.3. The third-order valence-electron chi connectivity index (χ3n) is 7.46. The number of halogens is 4. The van der Waals surface area contributed by atoms with Crippen LogP contribution in [0.2, 0.25) is 0 Å². The maximum Gasteiger partial charge on any atom is 0.435 e. The SMILES string of the molecule is CC(=O)OC(C)OC(=O)NC(=N)c1cccc(-n2nc(C(F)(F)F)cc2C(=O)Nc2cc([C@@H](NCC3CC3)c3ccccc3)ccc2F)c1. The number of rotatable bonds is 11. The molecular weight excluding hydrogens is 648 g/mol. The summed E-state index contributed by atoms with van der Waals surface area (Å²) < 4.78 is 66.8. The first kappa shape index (κ1) is 34.8. The fourth-order valence-electron chi connectivity index (χ4n) is 4.97. The molecular formula is C34H32F4N6O5. The number of carbonyl (C=O) groups is 3. The van der Waals surface area contributed by atoms with E-state index in [1.807, 2.05) is 30.3 Å². The fraction of sp³-hybridized carbons (Fsp3) is 0.265. The average Bonchev–Trinajstić information content (AvgIpc) is 3.75. The summed E-state index contributed by atoms with van der Waals surface area (Å²) in [6.45, 7) is 3.13. The summed E-state index contributed by atoms with van der Waals surface area (Å²) in [6.07, 6.45) is -5.11. The van der Waals surface area contributed by atoms with Crippen molar-refractivity contribution in [1.29, 1.82) is 5.41 Å². The summed E-state index contributed by atoms with van der Waals surface area (Å²) in [5.74, 6) is -2.56. The first-order valence-electron chi connectivity index (χ1n) is 15.2. The van der Waals surface area contributed by atoms with E-state index < -0.39 is 53.5 Å². The lowest BCUT2D eigenvalue weighted by Gasteiger charge is -2.21. The number of ether oxygens (including phenoxy) is 2. The average molecular weight is 681 g/mol. The number of nitrogens with one attached hydrogen (secondary N) is 4. The van der Waals surface area contributed by atoms with E-state index >= 15 is 4.39 Å². The Labute approximate surface area is 278 Å². The van der Waals surface area contributed by atoms with Gasteiger partial charge in [0, 0.05) is 25.5 Å². The molecule has 0 bridgehead atoms. The first-order chi connectivity index (χ1) is 23.3. The highest BCUT2D eigenvalue weighted by Gasteiger charge is 2.36. The maximum atomic E-state index is 15.1. The molecule has 4 N–H and O–H groups in total. The molecule has 0 spiro atoms. The van der Waals surface area contributed by atoms with Crippen LogP contribution in [-0.4, -0.2) is 46.4 Å². The lowest BCUT2D eigenvalue weighted by molar-refractivity contribution is -0.161. The van der Waals surface area contributed by atoms with Crippen molar-refractivity contribution in [1.82, 2.24) is 20.4 Å². The molecule has 1 heterocycles. The molecule has 1 saturated carbocycles. The largest absolute Gasteiger partial charge is 0.435 e. The molecule has 2 amide bonds. The van der Waals surface area contributed by atoms with Crippen LogP contribution < -0.4 is 16.0 Å². The van der Waals surface area contributed by atoms with Gasteiger partial charge < -0.3 is 20.1 Å². The van der Waals surface area contributed by atoms with Crippen LogP contribution in [-0.2, 0) is 20.4 Å². The van der Waals surface area contributed by atoms with Gasteiger partial charge in [0.1, 0.15) is 17.3 Å². The van der Waals surface area contributed by atoms with Crippen LogP contribution in [0.15, 0.2) is 78.9 Å². The van der Waals surface area contributed by atoms with Gasteiger partial charge in [-0.1, -0.05) is 48.5 Å². The van der Waals surface area contributed by atoms with Crippen LogP contribution in [0.1, 0.15) is 65.6 Å². The highest BCUT2D eigenvalue weighted by Crippen LogP contribution is 2.32. The van der Waals surface area contributed by atoms with Gasteiger partial charge in [0.05, 0.1) is 17.4 Å². The van der Waals surface area contributed by atoms with E-state index in [-0.39, 0.29) is 23.0 Å². The number of alkyl halides is 3. The molecule has 1 aliphatic carbocycles. The number of nitrogens with zero attached hydrogens (tertiary/aromatic N) is 2. The number of benzene rings is 3. The summed E-state index contributed by atoms with van der Waals surface area (Å²) in [7, 11) is 0. The van der Waals surface area contributed by atoms with Gasteiger partial charge >= 0.3 is 18.2 Å². The molecule has 49 heavy (non-hydrogen) atoms. The Balaban J connectivity index is 1.41. The van der Waals surface area contributed by atoms with Crippen molar-refractivity contribution in [3.8, 4) is 5.69 Å². The minimum atomic E-state index is -4.93. The molecule has 11 nitrogen and oxygen atoms in total. The molecule has 1 aromatic heterocycles. The second kappa shape index (κ2) is 14.7. The van der Waals surface area contributed by atoms with Gasteiger partial charge in [-0.2, -0.15) is 18.3 Å². The van der Waals surface area contributed by atoms with E-state index in [0.717, 1.165) is 31.9 Å². The number of aromatic nitrogens is 2. The molecule has 0 radical (unpaired) electrons.